The summed E-state index contributed by atoms with van der Waals surface area (Å²) in [6, 6.07) is 12.5. The second-order valence-electron chi connectivity index (χ2n) is 7.58. The van der Waals surface area contributed by atoms with Gasteiger partial charge in [-0.15, -0.1) is 5.10 Å². The Morgan fingerprint density at radius 1 is 1.17 bits per heavy atom. The van der Waals surface area contributed by atoms with Gasteiger partial charge >= 0.3 is 5.69 Å². The zero-order valence-corrected chi connectivity index (χ0v) is 16.1. The molecule has 1 aromatic heterocycles. The number of carbonyl (C=O) groups excluding carboxylic acids is 2. The lowest BCUT2D eigenvalue weighted by atomic mass is 9.72. The van der Waals surface area contributed by atoms with Crippen molar-refractivity contribution in [2.24, 2.45) is 7.05 Å². The number of rotatable bonds is 2. The number of nitrogens with zero attached hydrogens (tertiary/aromatic N) is 3. The van der Waals surface area contributed by atoms with Gasteiger partial charge in [-0.2, -0.15) is 0 Å². The molecular weight excluding hydrogens is 389 g/mol. The highest BCUT2D eigenvalue weighted by Gasteiger charge is 2.59. The van der Waals surface area contributed by atoms with Crippen molar-refractivity contribution < 1.29 is 14.0 Å². The van der Waals surface area contributed by atoms with Crippen molar-refractivity contribution in [2.75, 3.05) is 11.9 Å². The first-order chi connectivity index (χ1) is 14.4. The van der Waals surface area contributed by atoms with Crippen molar-refractivity contribution in [3.8, 4) is 0 Å². The number of nitrogens with one attached hydrogen (secondary N) is 2. The summed E-state index contributed by atoms with van der Waals surface area (Å²) in [6.07, 6.45) is 0.390. The van der Waals surface area contributed by atoms with Crippen molar-refractivity contribution in [1.82, 2.24) is 19.7 Å². The van der Waals surface area contributed by atoms with Gasteiger partial charge in [-0.1, -0.05) is 30.3 Å². The molecule has 152 valence electrons. The molecule has 8 nitrogen and oxygen atoms in total. The third kappa shape index (κ3) is 2.44. The van der Waals surface area contributed by atoms with Crippen LogP contribution in [0.2, 0.25) is 0 Å². The summed E-state index contributed by atoms with van der Waals surface area (Å²) in [6.45, 7) is 0.279. The molecule has 2 aromatic carbocycles. The molecule has 1 spiro atoms. The molecule has 2 N–H and O–H groups in total. The Morgan fingerprint density at radius 2 is 1.90 bits per heavy atom. The maximum Gasteiger partial charge on any atom is 0.343 e. The van der Waals surface area contributed by atoms with Gasteiger partial charge in [0.15, 0.2) is 0 Å². The number of aromatic nitrogens is 3. The molecule has 2 atom stereocenters. The smallest absolute Gasteiger partial charge is 0.327 e. The van der Waals surface area contributed by atoms with E-state index in [2.05, 4.69) is 15.4 Å². The largest absolute Gasteiger partial charge is 0.343 e. The topological polar surface area (TPSA) is 100 Å². The fraction of sp³-hybridized carbons (Fsp3) is 0.238. The van der Waals surface area contributed by atoms with Gasteiger partial charge in [0.1, 0.15) is 11.2 Å². The third-order valence-corrected chi connectivity index (χ3v) is 6.01. The lowest BCUT2D eigenvalue weighted by Gasteiger charge is -2.34. The highest BCUT2D eigenvalue weighted by molar-refractivity contribution is 6.08. The Kier molecular flexibility index (Phi) is 3.89. The Morgan fingerprint density at radius 3 is 2.60 bits per heavy atom. The quantitative estimate of drug-likeness (QED) is 0.676. The van der Waals surface area contributed by atoms with Crippen LogP contribution in [0.3, 0.4) is 0 Å². The lowest BCUT2D eigenvalue weighted by molar-refractivity contribution is -0.121. The fourth-order valence-corrected chi connectivity index (χ4v) is 4.65. The van der Waals surface area contributed by atoms with E-state index in [1.807, 2.05) is 24.3 Å². The molecule has 1 saturated heterocycles. The van der Waals surface area contributed by atoms with Gasteiger partial charge in [-0.05, 0) is 35.7 Å². The van der Waals surface area contributed by atoms with E-state index in [1.165, 1.54) is 24.1 Å². The number of aromatic amines is 1. The first-order valence-electron chi connectivity index (χ1n) is 9.52. The molecule has 0 radical (unpaired) electrons. The average Bonchev–Trinajstić information content (AvgIpc) is 3.38. The number of amides is 2. The van der Waals surface area contributed by atoms with Crippen LogP contribution in [-0.2, 0) is 17.3 Å². The summed E-state index contributed by atoms with van der Waals surface area (Å²) < 4.78 is 14.7. The van der Waals surface area contributed by atoms with Crippen molar-refractivity contribution in [2.45, 2.75) is 17.9 Å². The van der Waals surface area contributed by atoms with Crippen LogP contribution in [0.4, 0.5) is 10.1 Å². The molecule has 0 saturated carbocycles. The van der Waals surface area contributed by atoms with Crippen LogP contribution < -0.4 is 11.0 Å². The summed E-state index contributed by atoms with van der Waals surface area (Å²) in [7, 11) is 1.44. The van der Waals surface area contributed by atoms with Crippen LogP contribution in [0.25, 0.3) is 0 Å². The van der Waals surface area contributed by atoms with Crippen molar-refractivity contribution in [1.29, 1.82) is 0 Å². The van der Waals surface area contributed by atoms with Crippen LogP contribution in [-0.4, -0.2) is 38.0 Å². The number of carbonyl (C=O) groups is 2. The minimum absolute atomic E-state index is 0.0987. The highest BCUT2D eigenvalue weighted by Crippen LogP contribution is 2.54. The molecule has 3 aromatic rings. The van der Waals surface area contributed by atoms with Crippen LogP contribution in [0, 0.1) is 5.82 Å². The van der Waals surface area contributed by atoms with Gasteiger partial charge < -0.3 is 10.2 Å². The van der Waals surface area contributed by atoms with Crippen LogP contribution >= 0.6 is 0 Å². The Bertz CT molecular complexity index is 1230. The monoisotopic (exact) mass is 407 g/mol. The molecule has 0 unspecified atom stereocenters. The Hall–Kier alpha value is -3.75. The zero-order valence-electron chi connectivity index (χ0n) is 16.1. The van der Waals surface area contributed by atoms with Gasteiger partial charge in [0.05, 0.1) is 6.04 Å². The minimum atomic E-state index is -1.01. The average molecular weight is 407 g/mol. The van der Waals surface area contributed by atoms with Crippen molar-refractivity contribution >= 4 is 17.5 Å². The number of hydrogen-bond donors (Lipinski definition) is 2. The van der Waals surface area contributed by atoms with E-state index >= 15 is 0 Å². The molecule has 5 rings (SSSR count). The van der Waals surface area contributed by atoms with Gasteiger partial charge in [0.2, 0.25) is 11.7 Å². The third-order valence-electron chi connectivity index (χ3n) is 6.01. The van der Waals surface area contributed by atoms with E-state index < -0.39 is 28.9 Å². The number of aryl methyl sites for hydroxylation is 1. The van der Waals surface area contributed by atoms with Gasteiger partial charge in [-0.3, -0.25) is 14.6 Å². The first-order valence-corrected chi connectivity index (χ1v) is 9.52. The summed E-state index contributed by atoms with van der Waals surface area (Å²) in [5.41, 5.74) is 0.616. The number of H-pyrrole nitrogens is 1. The van der Waals surface area contributed by atoms with Gasteiger partial charge in [-0.25, -0.2) is 13.9 Å². The molecule has 0 bridgehead atoms. The summed E-state index contributed by atoms with van der Waals surface area (Å²) >= 11 is 0. The standard InChI is InChI=1S/C21H18FN5O3/c1-26-20(30)24-17(25-26)18(28)27-11-10-21(16(27)12-6-8-13(22)9-7-12)14-4-2-3-5-15(14)23-19(21)29/h2-9,16H,10-11H2,1H3,(H,23,29)(H,24,25,30)/t16-,21+/m0/s1. The van der Waals surface area contributed by atoms with Crippen LogP contribution in [0.15, 0.2) is 53.3 Å². The predicted molar refractivity (Wildman–Crippen MR) is 105 cm³/mol. The molecule has 30 heavy (non-hydrogen) atoms. The summed E-state index contributed by atoms with van der Waals surface area (Å²) in [5.74, 6) is -1.20. The molecular formula is C21H18FN5O3. The number of halogens is 1. The number of hydrogen-bond acceptors (Lipinski definition) is 4. The van der Waals surface area contributed by atoms with E-state index in [4.69, 9.17) is 0 Å². The summed E-state index contributed by atoms with van der Waals surface area (Å²) in [5, 5.41) is 6.90. The SMILES string of the molecule is Cn1nc(C(=O)N2CC[C@]3(C(=O)Nc4ccccc43)[C@@H]2c2ccc(F)cc2)[nH]c1=O. The second kappa shape index (κ2) is 6.38. The van der Waals surface area contributed by atoms with Gasteiger partial charge in [0, 0.05) is 19.3 Å². The Balaban J connectivity index is 1.68. The van der Waals surface area contributed by atoms with E-state index in [0.29, 0.717) is 17.7 Å². The minimum Gasteiger partial charge on any atom is -0.327 e. The maximum atomic E-state index is 13.6. The Labute approximate surface area is 170 Å². The van der Waals surface area contributed by atoms with Crippen molar-refractivity contribution in [3.05, 3.63) is 81.8 Å². The molecule has 9 heteroatoms. The van der Waals surface area contributed by atoms with E-state index in [-0.39, 0.29) is 18.3 Å². The van der Waals surface area contributed by atoms with Crippen LogP contribution in [0.1, 0.15) is 34.2 Å². The number of benzene rings is 2. The van der Waals surface area contributed by atoms with E-state index in [0.717, 1.165) is 10.2 Å². The first kappa shape index (κ1) is 18.3. The lowest BCUT2D eigenvalue weighted by Crippen LogP contribution is -2.43. The second-order valence-corrected chi connectivity index (χ2v) is 7.58. The van der Waals surface area contributed by atoms with Crippen molar-refractivity contribution in [3.63, 3.8) is 0 Å². The zero-order chi connectivity index (χ0) is 21.0. The molecule has 0 aliphatic carbocycles. The number of anilines is 1. The van der Waals surface area contributed by atoms with Crippen LogP contribution in [0.5, 0.6) is 0 Å². The van der Waals surface area contributed by atoms with E-state index in [1.54, 1.807) is 12.1 Å². The molecule has 2 aliphatic heterocycles. The highest BCUT2D eigenvalue weighted by atomic mass is 19.1. The summed E-state index contributed by atoms with van der Waals surface area (Å²) in [4.78, 5) is 42.3. The molecule has 1 fully saturated rings. The fourth-order valence-electron chi connectivity index (χ4n) is 4.65. The number of fused-ring (bicyclic) bond motifs is 2. The van der Waals surface area contributed by atoms with E-state index in [9.17, 15) is 18.8 Å². The maximum absolute atomic E-state index is 13.6. The number of likely N-dealkylation sites (tertiary alicyclic amines) is 1. The van der Waals surface area contributed by atoms with Gasteiger partial charge in [0.25, 0.3) is 5.91 Å². The molecule has 2 amide bonds. The number of para-hydroxylation sites is 1. The normalized spacial score (nSPS) is 22.4. The molecule has 2 aliphatic rings. The predicted octanol–water partition coefficient (Wildman–Crippen LogP) is 1.72. The molecule has 3 heterocycles.